The molecule has 0 saturated carbocycles. The van der Waals surface area contributed by atoms with Gasteiger partial charge in [0.1, 0.15) is 6.04 Å². The van der Waals surface area contributed by atoms with E-state index in [9.17, 15) is 19.2 Å². The molecule has 0 aromatic heterocycles. The zero-order valence-electron chi connectivity index (χ0n) is 14.4. The standard InChI is InChI=1S/C17H24N2O6/c1-8(2)7-9(17(23)24)18-12(20)5-6-19-15(21)13-10-3-4-11(25-10)14(13)16(19)22/h8-11,13-14H,3-7H2,1-2H3,(H,18,20)(H,23,24)/t9-,10?,11?,13?,14?/m1/s1. The van der Waals surface area contributed by atoms with Crippen molar-refractivity contribution in [2.75, 3.05) is 6.54 Å². The number of hydrogen-bond acceptors (Lipinski definition) is 5. The number of rotatable bonds is 7. The second-order valence-electron chi connectivity index (χ2n) is 7.51. The van der Waals surface area contributed by atoms with Crippen LogP contribution >= 0.6 is 0 Å². The minimum absolute atomic E-state index is 0.00996. The van der Waals surface area contributed by atoms with Gasteiger partial charge < -0.3 is 15.2 Å². The maximum Gasteiger partial charge on any atom is 0.326 e. The van der Waals surface area contributed by atoms with Crippen molar-refractivity contribution in [2.24, 2.45) is 17.8 Å². The summed E-state index contributed by atoms with van der Waals surface area (Å²) in [4.78, 5) is 49.4. The van der Waals surface area contributed by atoms with E-state index in [1.165, 1.54) is 0 Å². The van der Waals surface area contributed by atoms with Gasteiger partial charge in [-0.05, 0) is 25.2 Å². The van der Waals surface area contributed by atoms with Crippen molar-refractivity contribution in [3.05, 3.63) is 0 Å². The lowest BCUT2D eigenvalue weighted by molar-refractivity contribution is -0.144. The summed E-state index contributed by atoms with van der Waals surface area (Å²) in [6.45, 7) is 3.74. The minimum Gasteiger partial charge on any atom is -0.480 e. The van der Waals surface area contributed by atoms with E-state index >= 15 is 0 Å². The molecule has 3 aliphatic rings. The van der Waals surface area contributed by atoms with Crippen molar-refractivity contribution in [1.29, 1.82) is 0 Å². The summed E-state index contributed by atoms with van der Waals surface area (Å²) >= 11 is 0. The quantitative estimate of drug-likeness (QED) is 0.631. The number of carbonyl (C=O) groups is 4. The predicted octanol–water partition coefficient (Wildman–Crippen LogP) is 0.154. The number of fused-ring (bicyclic) bond motifs is 5. The molecule has 4 unspecified atom stereocenters. The van der Waals surface area contributed by atoms with E-state index < -0.39 is 29.8 Å². The molecule has 25 heavy (non-hydrogen) atoms. The molecule has 3 saturated heterocycles. The topological polar surface area (TPSA) is 113 Å². The smallest absolute Gasteiger partial charge is 0.326 e. The molecule has 3 amide bonds. The maximum atomic E-state index is 12.5. The number of ether oxygens (including phenoxy) is 1. The van der Waals surface area contributed by atoms with E-state index in [1.54, 1.807) is 0 Å². The molecule has 0 aromatic carbocycles. The van der Waals surface area contributed by atoms with Crippen LogP contribution in [0.3, 0.4) is 0 Å². The Kier molecular flexibility index (Phi) is 4.81. The van der Waals surface area contributed by atoms with E-state index in [1.807, 2.05) is 13.8 Å². The zero-order chi connectivity index (χ0) is 18.3. The molecule has 2 N–H and O–H groups in total. The molecule has 0 aromatic rings. The molecular weight excluding hydrogens is 328 g/mol. The number of amides is 3. The van der Waals surface area contributed by atoms with Crippen molar-refractivity contribution in [3.8, 4) is 0 Å². The van der Waals surface area contributed by atoms with Crippen LogP contribution in [0.25, 0.3) is 0 Å². The highest BCUT2D eigenvalue weighted by atomic mass is 16.5. The third-order valence-corrected chi connectivity index (χ3v) is 5.28. The third-order valence-electron chi connectivity index (χ3n) is 5.28. The third kappa shape index (κ3) is 3.27. The number of imide groups is 1. The summed E-state index contributed by atoms with van der Waals surface area (Å²) in [5.41, 5.74) is 0. The van der Waals surface area contributed by atoms with Crippen LogP contribution in [0.15, 0.2) is 0 Å². The fraction of sp³-hybridized carbons (Fsp3) is 0.765. The molecule has 0 radical (unpaired) electrons. The fourth-order valence-electron chi connectivity index (χ4n) is 4.17. The SMILES string of the molecule is CC(C)C[C@@H](NC(=O)CCN1C(=O)C2C3CCC(O3)C2C1=O)C(=O)O. The fourth-order valence-corrected chi connectivity index (χ4v) is 4.17. The monoisotopic (exact) mass is 352 g/mol. The summed E-state index contributed by atoms with van der Waals surface area (Å²) in [6.07, 6.45) is 1.49. The lowest BCUT2D eigenvalue weighted by Crippen LogP contribution is -2.43. The zero-order valence-corrected chi connectivity index (χ0v) is 14.4. The highest BCUT2D eigenvalue weighted by Crippen LogP contribution is 2.48. The summed E-state index contributed by atoms with van der Waals surface area (Å²) in [5.74, 6) is -2.75. The lowest BCUT2D eigenvalue weighted by atomic mass is 9.81. The summed E-state index contributed by atoms with van der Waals surface area (Å²) in [5, 5.41) is 11.6. The number of carbonyl (C=O) groups excluding carboxylic acids is 3. The highest BCUT2D eigenvalue weighted by Gasteiger charge is 2.62. The second-order valence-corrected chi connectivity index (χ2v) is 7.51. The first kappa shape index (κ1) is 17.8. The van der Waals surface area contributed by atoms with Crippen molar-refractivity contribution in [1.82, 2.24) is 10.2 Å². The number of nitrogens with zero attached hydrogens (tertiary/aromatic N) is 1. The Morgan fingerprint density at radius 3 is 2.24 bits per heavy atom. The van der Waals surface area contributed by atoms with Gasteiger partial charge >= 0.3 is 5.97 Å². The Balaban J connectivity index is 1.55. The van der Waals surface area contributed by atoms with E-state index in [2.05, 4.69) is 5.32 Å². The van der Waals surface area contributed by atoms with Crippen LogP contribution in [-0.2, 0) is 23.9 Å². The second kappa shape index (κ2) is 6.74. The first-order valence-electron chi connectivity index (χ1n) is 8.82. The largest absolute Gasteiger partial charge is 0.480 e. The summed E-state index contributed by atoms with van der Waals surface area (Å²) < 4.78 is 5.66. The number of carboxylic acids is 1. The van der Waals surface area contributed by atoms with Crippen molar-refractivity contribution in [2.45, 2.75) is 57.8 Å². The van der Waals surface area contributed by atoms with Gasteiger partial charge in [0.25, 0.3) is 0 Å². The van der Waals surface area contributed by atoms with Crippen LogP contribution in [-0.4, -0.2) is 58.5 Å². The van der Waals surface area contributed by atoms with Crippen LogP contribution in [0.2, 0.25) is 0 Å². The van der Waals surface area contributed by atoms with Gasteiger partial charge in [-0.2, -0.15) is 0 Å². The molecule has 5 atom stereocenters. The van der Waals surface area contributed by atoms with Gasteiger partial charge in [0.15, 0.2) is 0 Å². The molecule has 138 valence electrons. The molecule has 0 aliphatic carbocycles. The Labute approximate surface area is 145 Å². The van der Waals surface area contributed by atoms with E-state index in [0.717, 1.165) is 17.7 Å². The van der Waals surface area contributed by atoms with Crippen LogP contribution in [0.1, 0.15) is 39.5 Å². The van der Waals surface area contributed by atoms with Crippen molar-refractivity contribution in [3.63, 3.8) is 0 Å². The van der Waals surface area contributed by atoms with Gasteiger partial charge in [0.2, 0.25) is 17.7 Å². The van der Waals surface area contributed by atoms with Gasteiger partial charge in [-0.15, -0.1) is 0 Å². The van der Waals surface area contributed by atoms with E-state index in [-0.39, 0.29) is 42.9 Å². The molecule has 2 bridgehead atoms. The number of carboxylic acid groups (broad SMARTS) is 1. The first-order chi connectivity index (χ1) is 11.8. The summed E-state index contributed by atoms with van der Waals surface area (Å²) in [7, 11) is 0. The van der Waals surface area contributed by atoms with Gasteiger partial charge in [-0.1, -0.05) is 13.8 Å². The number of nitrogens with one attached hydrogen (secondary N) is 1. The van der Waals surface area contributed by atoms with Gasteiger partial charge in [-0.3, -0.25) is 19.3 Å². The molecular formula is C17H24N2O6. The normalized spacial score (nSPS) is 31.6. The average molecular weight is 352 g/mol. The maximum absolute atomic E-state index is 12.5. The van der Waals surface area contributed by atoms with Gasteiger partial charge in [-0.25, -0.2) is 4.79 Å². The highest BCUT2D eigenvalue weighted by molar-refractivity contribution is 6.06. The van der Waals surface area contributed by atoms with Crippen molar-refractivity contribution >= 4 is 23.7 Å². The van der Waals surface area contributed by atoms with Crippen LogP contribution in [0.4, 0.5) is 0 Å². The van der Waals surface area contributed by atoms with Crippen molar-refractivity contribution < 1.29 is 29.0 Å². The Hall–Kier alpha value is -1.96. The summed E-state index contributed by atoms with van der Waals surface area (Å²) in [6, 6.07) is -0.957. The molecule has 3 heterocycles. The van der Waals surface area contributed by atoms with Gasteiger partial charge in [0, 0.05) is 13.0 Å². The first-order valence-corrected chi connectivity index (χ1v) is 8.82. The number of aliphatic carboxylic acids is 1. The Morgan fingerprint density at radius 2 is 1.76 bits per heavy atom. The molecule has 0 spiro atoms. The van der Waals surface area contributed by atoms with E-state index in [4.69, 9.17) is 9.84 Å². The minimum atomic E-state index is -1.08. The number of hydrogen-bond donors (Lipinski definition) is 2. The molecule has 8 nitrogen and oxygen atoms in total. The number of likely N-dealkylation sites (tertiary alicyclic amines) is 1. The molecule has 3 rings (SSSR count). The lowest BCUT2D eigenvalue weighted by Gasteiger charge is -2.19. The molecule has 3 fully saturated rings. The van der Waals surface area contributed by atoms with Crippen LogP contribution in [0.5, 0.6) is 0 Å². The Morgan fingerprint density at radius 1 is 1.20 bits per heavy atom. The average Bonchev–Trinajstić information content (AvgIpc) is 3.19. The molecule has 8 heteroatoms. The Bertz CT molecular complexity index is 576. The predicted molar refractivity (Wildman–Crippen MR) is 85.2 cm³/mol. The van der Waals surface area contributed by atoms with Gasteiger partial charge in [0.05, 0.1) is 24.0 Å². The molecule has 3 aliphatic heterocycles. The van der Waals surface area contributed by atoms with Crippen LogP contribution in [0, 0.1) is 17.8 Å². The van der Waals surface area contributed by atoms with Crippen LogP contribution < -0.4 is 5.32 Å². The van der Waals surface area contributed by atoms with E-state index in [0.29, 0.717) is 6.42 Å².